The summed E-state index contributed by atoms with van der Waals surface area (Å²) >= 11 is 3.42. The predicted octanol–water partition coefficient (Wildman–Crippen LogP) is 2.97. The average Bonchev–Trinajstić information content (AvgIpc) is 2.75. The number of carbonyl (C=O) groups is 1. The van der Waals surface area contributed by atoms with E-state index in [0.717, 1.165) is 29.5 Å². The summed E-state index contributed by atoms with van der Waals surface area (Å²) in [6.45, 7) is 4.18. The Kier molecular flexibility index (Phi) is 4.99. The molecule has 0 aliphatic carbocycles. The third kappa shape index (κ3) is 4.32. The van der Waals surface area contributed by atoms with Crippen molar-refractivity contribution >= 4 is 21.8 Å². The summed E-state index contributed by atoms with van der Waals surface area (Å²) < 4.78 is 1.06. The second-order valence-electron chi connectivity index (χ2n) is 5.46. The van der Waals surface area contributed by atoms with Crippen LogP contribution in [0.15, 0.2) is 28.7 Å². The van der Waals surface area contributed by atoms with Gasteiger partial charge in [-0.15, -0.1) is 0 Å². The van der Waals surface area contributed by atoms with Gasteiger partial charge in [-0.05, 0) is 50.6 Å². The number of hydrogen-bond donors (Lipinski definition) is 1. The second-order valence-corrected chi connectivity index (χ2v) is 6.38. The highest BCUT2D eigenvalue weighted by Gasteiger charge is 2.22. The summed E-state index contributed by atoms with van der Waals surface area (Å²) in [6.07, 6.45) is 1.78. The number of hydrogen-bond acceptors (Lipinski definition) is 2. The molecular weight excluding hydrogens is 304 g/mol. The number of rotatable bonds is 4. The summed E-state index contributed by atoms with van der Waals surface area (Å²) in [5, 5.41) is 3.08. The Labute approximate surface area is 123 Å². The van der Waals surface area contributed by atoms with Gasteiger partial charge in [0.1, 0.15) is 0 Å². The van der Waals surface area contributed by atoms with E-state index in [1.54, 1.807) is 0 Å². The van der Waals surface area contributed by atoms with Crippen LogP contribution in [0.5, 0.6) is 0 Å². The van der Waals surface area contributed by atoms with Crippen LogP contribution in [0.2, 0.25) is 0 Å². The van der Waals surface area contributed by atoms with Gasteiger partial charge in [0.25, 0.3) is 0 Å². The molecule has 1 aliphatic heterocycles. The molecule has 2 atom stereocenters. The topological polar surface area (TPSA) is 32.3 Å². The molecule has 1 aromatic rings. The first-order chi connectivity index (χ1) is 9.04. The molecule has 19 heavy (non-hydrogen) atoms. The van der Waals surface area contributed by atoms with Crippen molar-refractivity contribution in [3.63, 3.8) is 0 Å². The highest BCUT2D eigenvalue weighted by Crippen LogP contribution is 2.20. The fourth-order valence-electron chi connectivity index (χ4n) is 2.59. The van der Waals surface area contributed by atoms with E-state index in [2.05, 4.69) is 33.2 Å². The number of amides is 1. The van der Waals surface area contributed by atoms with E-state index < -0.39 is 0 Å². The highest BCUT2D eigenvalue weighted by molar-refractivity contribution is 9.10. The minimum atomic E-state index is 0.0692. The normalized spacial score (nSPS) is 21.3. The molecule has 104 valence electrons. The molecule has 0 bridgehead atoms. The van der Waals surface area contributed by atoms with Gasteiger partial charge < -0.3 is 10.2 Å². The number of nitrogens with zero attached hydrogens (tertiary/aromatic N) is 1. The van der Waals surface area contributed by atoms with Gasteiger partial charge >= 0.3 is 0 Å². The molecule has 0 aromatic heterocycles. The molecule has 0 saturated carbocycles. The molecule has 1 heterocycles. The minimum absolute atomic E-state index is 0.0692. The number of nitrogens with one attached hydrogen (secondary N) is 1. The molecule has 1 N–H and O–H groups in total. The number of likely N-dealkylation sites (tertiary alicyclic amines) is 1. The van der Waals surface area contributed by atoms with Crippen LogP contribution in [0.3, 0.4) is 0 Å². The molecule has 3 nitrogen and oxygen atoms in total. The van der Waals surface area contributed by atoms with Crippen LogP contribution in [0.4, 0.5) is 0 Å². The molecule has 1 aliphatic rings. The fourth-order valence-corrected chi connectivity index (χ4v) is 2.85. The lowest BCUT2D eigenvalue weighted by Crippen LogP contribution is -2.29. The molecule has 2 unspecified atom stereocenters. The van der Waals surface area contributed by atoms with E-state index in [1.165, 1.54) is 0 Å². The molecule has 1 saturated heterocycles. The van der Waals surface area contributed by atoms with Crippen LogP contribution in [0, 0.1) is 5.92 Å². The van der Waals surface area contributed by atoms with Crippen molar-refractivity contribution in [3.05, 3.63) is 34.3 Å². The van der Waals surface area contributed by atoms with Crippen molar-refractivity contribution in [2.45, 2.75) is 25.8 Å². The van der Waals surface area contributed by atoms with Gasteiger partial charge in [-0.2, -0.15) is 0 Å². The smallest absolute Gasteiger partial charge is 0.220 e. The first kappa shape index (κ1) is 14.5. The first-order valence-electron chi connectivity index (χ1n) is 6.78. The van der Waals surface area contributed by atoms with E-state index in [9.17, 15) is 4.79 Å². The van der Waals surface area contributed by atoms with Gasteiger partial charge in [0.05, 0.1) is 6.04 Å². The molecule has 1 aromatic carbocycles. The molecule has 0 spiro atoms. The van der Waals surface area contributed by atoms with Crippen molar-refractivity contribution in [2.24, 2.45) is 5.92 Å². The summed E-state index contributed by atoms with van der Waals surface area (Å²) in [5.41, 5.74) is 1.14. The van der Waals surface area contributed by atoms with Gasteiger partial charge in [0.2, 0.25) is 5.91 Å². The molecular formula is C15H21BrN2O. The molecule has 2 rings (SSSR count). The predicted molar refractivity (Wildman–Crippen MR) is 80.9 cm³/mol. The van der Waals surface area contributed by atoms with Gasteiger partial charge in [-0.1, -0.05) is 28.1 Å². The monoisotopic (exact) mass is 324 g/mol. The van der Waals surface area contributed by atoms with Crippen molar-refractivity contribution in [1.29, 1.82) is 0 Å². The van der Waals surface area contributed by atoms with E-state index in [1.807, 2.05) is 31.2 Å². The summed E-state index contributed by atoms with van der Waals surface area (Å²) in [7, 11) is 2.11. The van der Waals surface area contributed by atoms with Crippen LogP contribution < -0.4 is 5.32 Å². The summed E-state index contributed by atoms with van der Waals surface area (Å²) in [6, 6.07) is 8.16. The van der Waals surface area contributed by atoms with Gasteiger partial charge in [0, 0.05) is 17.4 Å². The molecule has 1 fully saturated rings. The standard InChI is InChI=1S/C15H21BrN2O/c1-11(13-3-5-14(16)6-4-13)17-15(19)9-12-7-8-18(2)10-12/h3-6,11-12H,7-10H2,1-2H3,(H,17,19). The Morgan fingerprint density at radius 1 is 1.47 bits per heavy atom. The average molecular weight is 325 g/mol. The molecule has 0 radical (unpaired) electrons. The maximum atomic E-state index is 12.0. The highest BCUT2D eigenvalue weighted by atomic mass is 79.9. The Hall–Kier alpha value is -0.870. The third-order valence-electron chi connectivity index (χ3n) is 3.71. The Balaban J connectivity index is 1.83. The SMILES string of the molecule is CC(NC(=O)CC1CCN(C)C1)c1ccc(Br)cc1. The Morgan fingerprint density at radius 2 is 2.16 bits per heavy atom. The Bertz CT molecular complexity index is 432. The van der Waals surface area contributed by atoms with E-state index in [4.69, 9.17) is 0 Å². The summed E-state index contributed by atoms with van der Waals surface area (Å²) in [5.74, 6) is 0.679. The third-order valence-corrected chi connectivity index (χ3v) is 4.24. The number of benzene rings is 1. The van der Waals surface area contributed by atoms with Crippen LogP contribution in [0.1, 0.15) is 31.4 Å². The Morgan fingerprint density at radius 3 is 2.74 bits per heavy atom. The lowest BCUT2D eigenvalue weighted by atomic mass is 10.0. The molecule has 4 heteroatoms. The zero-order chi connectivity index (χ0) is 13.8. The summed E-state index contributed by atoms with van der Waals surface area (Å²) in [4.78, 5) is 14.3. The second kappa shape index (κ2) is 6.53. The van der Waals surface area contributed by atoms with Crippen LogP contribution in [0.25, 0.3) is 0 Å². The molecule has 1 amide bonds. The number of carbonyl (C=O) groups excluding carboxylic acids is 1. The quantitative estimate of drug-likeness (QED) is 0.923. The van der Waals surface area contributed by atoms with Crippen molar-refractivity contribution < 1.29 is 4.79 Å². The van der Waals surface area contributed by atoms with Gasteiger partial charge in [0.15, 0.2) is 0 Å². The fraction of sp³-hybridized carbons (Fsp3) is 0.533. The van der Waals surface area contributed by atoms with Crippen LogP contribution in [-0.4, -0.2) is 30.9 Å². The van der Waals surface area contributed by atoms with Gasteiger partial charge in [-0.25, -0.2) is 0 Å². The van der Waals surface area contributed by atoms with E-state index >= 15 is 0 Å². The van der Waals surface area contributed by atoms with Crippen molar-refractivity contribution in [1.82, 2.24) is 10.2 Å². The van der Waals surface area contributed by atoms with E-state index in [0.29, 0.717) is 12.3 Å². The lowest BCUT2D eigenvalue weighted by Gasteiger charge is -2.16. The van der Waals surface area contributed by atoms with Gasteiger partial charge in [-0.3, -0.25) is 4.79 Å². The van der Waals surface area contributed by atoms with Crippen molar-refractivity contribution in [2.75, 3.05) is 20.1 Å². The lowest BCUT2D eigenvalue weighted by molar-refractivity contribution is -0.122. The maximum Gasteiger partial charge on any atom is 0.220 e. The number of halogens is 1. The zero-order valence-electron chi connectivity index (χ0n) is 11.5. The van der Waals surface area contributed by atoms with Crippen molar-refractivity contribution in [3.8, 4) is 0 Å². The first-order valence-corrected chi connectivity index (χ1v) is 7.57. The minimum Gasteiger partial charge on any atom is -0.350 e. The zero-order valence-corrected chi connectivity index (χ0v) is 13.1. The maximum absolute atomic E-state index is 12.0. The largest absolute Gasteiger partial charge is 0.350 e. The van der Waals surface area contributed by atoms with E-state index in [-0.39, 0.29) is 11.9 Å². The van der Waals surface area contributed by atoms with Crippen LogP contribution in [-0.2, 0) is 4.79 Å². The van der Waals surface area contributed by atoms with Crippen LogP contribution >= 0.6 is 15.9 Å².